The van der Waals surface area contributed by atoms with Gasteiger partial charge in [0, 0.05) is 16.5 Å². The first-order valence-corrected chi connectivity index (χ1v) is 7.61. The van der Waals surface area contributed by atoms with E-state index in [9.17, 15) is 0 Å². The minimum atomic E-state index is 0.193. The number of nitrogens with zero attached hydrogens (tertiary/aromatic N) is 1. The van der Waals surface area contributed by atoms with Crippen LogP contribution in [0.1, 0.15) is 47.6 Å². The average molecular weight is 257 g/mol. The second-order valence-electron chi connectivity index (χ2n) is 5.28. The lowest BCUT2D eigenvalue weighted by molar-refractivity contribution is 0.345. The van der Waals surface area contributed by atoms with Gasteiger partial charge in [-0.05, 0) is 25.3 Å². The van der Waals surface area contributed by atoms with E-state index in [0.29, 0.717) is 0 Å². The molecule has 0 bridgehead atoms. The van der Waals surface area contributed by atoms with Gasteiger partial charge in [-0.3, -0.25) is 0 Å². The van der Waals surface area contributed by atoms with Crippen LogP contribution in [0.25, 0.3) is 0 Å². The maximum atomic E-state index is 4.71. The zero-order chi connectivity index (χ0) is 12.4. The maximum Gasteiger partial charge on any atom is 0.103 e. The molecule has 2 aromatic rings. The van der Waals surface area contributed by atoms with E-state index in [1.54, 1.807) is 0 Å². The monoisotopic (exact) mass is 257 g/mol. The summed E-state index contributed by atoms with van der Waals surface area (Å²) in [6.07, 6.45) is 8.56. The average Bonchev–Trinajstić information content (AvgIpc) is 2.88. The van der Waals surface area contributed by atoms with Gasteiger partial charge in [-0.1, -0.05) is 49.6 Å². The van der Waals surface area contributed by atoms with E-state index in [-0.39, 0.29) is 5.41 Å². The van der Waals surface area contributed by atoms with Crippen molar-refractivity contribution in [2.75, 3.05) is 0 Å². The molecule has 0 amide bonds. The van der Waals surface area contributed by atoms with Crippen molar-refractivity contribution >= 4 is 11.3 Å². The molecule has 0 spiro atoms. The van der Waals surface area contributed by atoms with E-state index in [2.05, 4.69) is 37.3 Å². The molecule has 1 aliphatic carbocycles. The van der Waals surface area contributed by atoms with Crippen molar-refractivity contribution in [3.63, 3.8) is 0 Å². The van der Waals surface area contributed by atoms with Crippen LogP contribution in [0.2, 0.25) is 0 Å². The molecule has 0 atom stereocenters. The number of aromatic nitrogens is 1. The molecule has 1 saturated carbocycles. The fourth-order valence-electron chi connectivity index (χ4n) is 3.11. The van der Waals surface area contributed by atoms with Crippen LogP contribution >= 0.6 is 11.3 Å². The van der Waals surface area contributed by atoms with Crippen molar-refractivity contribution in [2.24, 2.45) is 0 Å². The molecule has 0 N–H and O–H groups in total. The van der Waals surface area contributed by atoms with Gasteiger partial charge >= 0.3 is 0 Å². The summed E-state index contributed by atoms with van der Waals surface area (Å²) >= 11 is 1.88. The largest absolute Gasteiger partial charge is 0.248 e. The number of benzene rings is 1. The van der Waals surface area contributed by atoms with Gasteiger partial charge in [-0.15, -0.1) is 11.3 Å². The van der Waals surface area contributed by atoms with Gasteiger partial charge in [-0.2, -0.15) is 0 Å². The summed E-state index contributed by atoms with van der Waals surface area (Å²) in [4.78, 5) is 6.03. The topological polar surface area (TPSA) is 12.9 Å². The molecular weight excluding hydrogens is 238 g/mol. The number of hydrogen-bond acceptors (Lipinski definition) is 2. The molecule has 1 aromatic carbocycles. The highest BCUT2D eigenvalue weighted by Crippen LogP contribution is 2.45. The number of thiazole rings is 1. The second kappa shape index (κ2) is 4.85. The molecule has 0 aliphatic heterocycles. The molecular formula is C16H19NS. The first kappa shape index (κ1) is 11.9. The highest BCUT2D eigenvalue weighted by atomic mass is 32.1. The molecule has 1 nitrogen and oxygen atoms in total. The zero-order valence-corrected chi connectivity index (χ0v) is 11.7. The van der Waals surface area contributed by atoms with E-state index in [0.717, 1.165) is 0 Å². The van der Waals surface area contributed by atoms with Crippen LogP contribution in [0.3, 0.4) is 0 Å². The van der Waals surface area contributed by atoms with Crippen LogP contribution in [0.5, 0.6) is 0 Å². The van der Waals surface area contributed by atoms with E-state index in [4.69, 9.17) is 4.98 Å². The third-order valence-electron chi connectivity index (χ3n) is 4.06. The molecule has 3 rings (SSSR count). The summed E-state index contributed by atoms with van der Waals surface area (Å²) < 4.78 is 0. The van der Waals surface area contributed by atoms with Crippen LogP contribution in [0, 0.1) is 6.92 Å². The maximum absolute atomic E-state index is 4.71. The smallest absolute Gasteiger partial charge is 0.103 e. The Hall–Kier alpha value is -1.15. The molecule has 94 valence electrons. The predicted molar refractivity (Wildman–Crippen MR) is 77.2 cm³/mol. The Balaban J connectivity index is 2.09. The highest BCUT2D eigenvalue weighted by molar-refractivity contribution is 7.11. The number of aryl methyl sites for hydroxylation is 1. The lowest BCUT2D eigenvalue weighted by Gasteiger charge is -2.36. The summed E-state index contributed by atoms with van der Waals surface area (Å²) in [5.41, 5.74) is 1.65. The third kappa shape index (κ3) is 1.99. The Bertz CT molecular complexity index is 509. The predicted octanol–water partition coefficient (Wildman–Crippen LogP) is 4.70. The third-order valence-corrected chi connectivity index (χ3v) is 5.18. The van der Waals surface area contributed by atoms with Crippen LogP contribution in [-0.2, 0) is 5.41 Å². The number of rotatable bonds is 2. The normalized spacial score (nSPS) is 18.7. The van der Waals surface area contributed by atoms with Crippen molar-refractivity contribution in [1.82, 2.24) is 4.98 Å². The van der Waals surface area contributed by atoms with Gasteiger partial charge in [0.05, 0.1) is 0 Å². The van der Waals surface area contributed by atoms with Crippen molar-refractivity contribution in [3.05, 3.63) is 52.0 Å². The van der Waals surface area contributed by atoms with Gasteiger partial charge in [0.15, 0.2) is 0 Å². The van der Waals surface area contributed by atoms with Gasteiger partial charge in [0.25, 0.3) is 0 Å². The molecule has 1 fully saturated rings. The van der Waals surface area contributed by atoms with Gasteiger partial charge in [0.1, 0.15) is 5.01 Å². The van der Waals surface area contributed by atoms with Crippen molar-refractivity contribution in [2.45, 2.75) is 44.4 Å². The molecule has 2 heteroatoms. The SMILES string of the molecule is Cc1cnc(C2(c3ccccc3)CCCCC2)s1. The summed E-state index contributed by atoms with van der Waals surface area (Å²) in [6.45, 7) is 2.16. The molecule has 18 heavy (non-hydrogen) atoms. The van der Waals surface area contributed by atoms with Crippen LogP contribution in [0.15, 0.2) is 36.5 Å². The van der Waals surface area contributed by atoms with Crippen molar-refractivity contribution in [3.8, 4) is 0 Å². The van der Waals surface area contributed by atoms with Gasteiger partial charge in [0.2, 0.25) is 0 Å². The molecule has 1 heterocycles. The fraction of sp³-hybridized carbons (Fsp3) is 0.438. The lowest BCUT2D eigenvalue weighted by Crippen LogP contribution is -2.30. The number of hydrogen-bond donors (Lipinski definition) is 0. The highest BCUT2D eigenvalue weighted by Gasteiger charge is 2.37. The van der Waals surface area contributed by atoms with E-state index < -0.39 is 0 Å². The molecule has 1 aliphatic rings. The molecule has 0 unspecified atom stereocenters. The van der Waals surface area contributed by atoms with E-state index in [1.165, 1.54) is 47.6 Å². The minimum absolute atomic E-state index is 0.193. The first-order valence-electron chi connectivity index (χ1n) is 6.80. The summed E-state index contributed by atoms with van der Waals surface area (Å²) in [6, 6.07) is 11.0. The Morgan fingerprint density at radius 1 is 1.06 bits per heavy atom. The molecule has 0 saturated heterocycles. The summed E-state index contributed by atoms with van der Waals surface area (Å²) in [5.74, 6) is 0. The Kier molecular flexibility index (Phi) is 3.21. The standard InChI is InChI=1S/C16H19NS/c1-13-12-17-15(18-13)16(10-6-3-7-11-16)14-8-4-2-5-9-14/h2,4-5,8-9,12H,3,6-7,10-11H2,1H3. The Morgan fingerprint density at radius 2 is 1.78 bits per heavy atom. The summed E-state index contributed by atoms with van der Waals surface area (Å²) in [5, 5.41) is 1.32. The van der Waals surface area contributed by atoms with E-state index in [1.807, 2.05) is 17.5 Å². The van der Waals surface area contributed by atoms with E-state index >= 15 is 0 Å². The molecule has 0 radical (unpaired) electrons. The van der Waals surface area contributed by atoms with Crippen molar-refractivity contribution in [1.29, 1.82) is 0 Å². The lowest BCUT2D eigenvalue weighted by atomic mass is 9.70. The summed E-state index contributed by atoms with van der Waals surface area (Å²) in [7, 11) is 0. The van der Waals surface area contributed by atoms with Crippen LogP contribution < -0.4 is 0 Å². The Morgan fingerprint density at radius 3 is 2.39 bits per heavy atom. The van der Waals surface area contributed by atoms with Crippen LogP contribution in [-0.4, -0.2) is 4.98 Å². The van der Waals surface area contributed by atoms with Gasteiger partial charge < -0.3 is 0 Å². The second-order valence-corrected chi connectivity index (χ2v) is 6.52. The first-order chi connectivity index (χ1) is 8.81. The van der Waals surface area contributed by atoms with Crippen molar-refractivity contribution < 1.29 is 0 Å². The van der Waals surface area contributed by atoms with Crippen LogP contribution in [0.4, 0.5) is 0 Å². The minimum Gasteiger partial charge on any atom is -0.248 e. The zero-order valence-electron chi connectivity index (χ0n) is 10.9. The fourth-order valence-corrected chi connectivity index (χ4v) is 4.15. The Labute approximate surface area is 113 Å². The quantitative estimate of drug-likeness (QED) is 0.759. The van der Waals surface area contributed by atoms with Gasteiger partial charge in [-0.25, -0.2) is 4.98 Å². The molecule has 1 aromatic heterocycles.